The molecular weight excluding hydrogens is 288 g/mol. The molecule has 1 heterocycles. The van der Waals surface area contributed by atoms with Crippen molar-refractivity contribution in [1.29, 1.82) is 0 Å². The summed E-state index contributed by atoms with van der Waals surface area (Å²) in [4.78, 5) is 11.7. The Hall–Kier alpha value is -1.68. The van der Waals surface area contributed by atoms with Crippen LogP contribution < -0.4 is 5.32 Å². The normalized spacial score (nSPS) is 13.2. The number of fused-ring (bicyclic) bond motifs is 1. The van der Waals surface area contributed by atoms with Gasteiger partial charge in [-0.2, -0.15) is 0 Å². The highest BCUT2D eigenvalue weighted by molar-refractivity contribution is 6.31. The van der Waals surface area contributed by atoms with Gasteiger partial charge in [-0.05, 0) is 52.0 Å². The van der Waals surface area contributed by atoms with Gasteiger partial charge in [0.1, 0.15) is 5.60 Å². The standard InChI is InChI=1S/C16H21ClN2O2/c1-11(18-15(20)21-16(2,3)4)10-19-8-7-12-9-13(17)5-6-14(12)19/h5-9,11H,10H2,1-4H3,(H,18,20)/t11-/m0/s1. The monoisotopic (exact) mass is 308 g/mol. The first kappa shape index (κ1) is 15.7. The molecule has 0 fully saturated rings. The Morgan fingerprint density at radius 2 is 2.10 bits per heavy atom. The van der Waals surface area contributed by atoms with Crippen LogP contribution in [-0.2, 0) is 11.3 Å². The molecule has 2 aromatic rings. The van der Waals surface area contributed by atoms with E-state index < -0.39 is 11.7 Å². The number of carbonyl (C=O) groups excluding carboxylic acids is 1. The lowest BCUT2D eigenvalue weighted by Gasteiger charge is -2.22. The molecule has 0 spiro atoms. The molecule has 0 saturated carbocycles. The predicted octanol–water partition coefficient (Wildman–Crippen LogP) is 4.21. The van der Waals surface area contributed by atoms with Gasteiger partial charge in [-0.1, -0.05) is 11.6 Å². The maximum absolute atomic E-state index is 11.7. The number of rotatable bonds is 3. The van der Waals surface area contributed by atoms with Gasteiger partial charge in [0, 0.05) is 34.7 Å². The van der Waals surface area contributed by atoms with E-state index in [4.69, 9.17) is 16.3 Å². The summed E-state index contributed by atoms with van der Waals surface area (Å²) >= 11 is 5.98. The van der Waals surface area contributed by atoms with Gasteiger partial charge < -0.3 is 14.6 Å². The molecule has 4 nitrogen and oxygen atoms in total. The Labute approximate surface area is 130 Å². The Morgan fingerprint density at radius 3 is 2.76 bits per heavy atom. The Kier molecular flexibility index (Phi) is 4.47. The molecule has 0 bridgehead atoms. The van der Waals surface area contributed by atoms with Gasteiger partial charge in [-0.25, -0.2) is 4.79 Å². The van der Waals surface area contributed by atoms with E-state index in [1.165, 1.54) is 0 Å². The molecule has 2 rings (SSSR count). The van der Waals surface area contributed by atoms with Crippen LogP contribution in [-0.4, -0.2) is 22.3 Å². The van der Waals surface area contributed by atoms with Crippen molar-refractivity contribution in [3.8, 4) is 0 Å². The Balaban J connectivity index is 2.01. The maximum Gasteiger partial charge on any atom is 0.407 e. The first-order valence-corrected chi connectivity index (χ1v) is 7.36. The predicted molar refractivity (Wildman–Crippen MR) is 85.8 cm³/mol. The summed E-state index contributed by atoms with van der Waals surface area (Å²) in [5, 5.41) is 4.65. The molecule has 1 atom stereocenters. The summed E-state index contributed by atoms with van der Waals surface area (Å²) in [5.74, 6) is 0. The smallest absolute Gasteiger partial charge is 0.407 e. The van der Waals surface area contributed by atoms with Crippen molar-refractivity contribution < 1.29 is 9.53 Å². The third kappa shape index (κ3) is 4.39. The quantitative estimate of drug-likeness (QED) is 0.923. The Bertz CT molecular complexity index is 643. The van der Waals surface area contributed by atoms with Crippen molar-refractivity contribution in [3.05, 3.63) is 35.5 Å². The van der Waals surface area contributed by atoms with Crippen LogP contribution in [0, 0.1) is 0 Å². The molecule has 0 aliphatic carbocycles. The average Bonchev–Trinajstić information content (AvgIpc) is 2.68. The van der Waals surface area contributed by atoms with Gasteiger partial charge in [-0.3, -0.25) is 0 Å². The molecule has 1 N–H and O–H groups in total. The summed E-state index contributed by atoms with van der Waals surface area (Å²) in [6.07, 6.45) is 1.60. The summed E-state index contributed by atoms with van der Waals surface area (Å²) in [5.41, 5.74) is 0.609. The van der Waals surface area contributed by atoms with E-state index in [0.717, 1.165) is 15.9 Å². The lowest BCUT2D eigenvalue weighted by molar-refractivity contribution is 0.0504. The lowest BCUT2D eigenvalue weighted by Crippen LogP contribution is -2.39. The van der Waals surface area contributed by atoms with Crippen molar-refractivity contribution in [2.24, 2.45) is 0 Å². The molecule has 0 saturated heterocycles. The third-order valence-electron chi connectivity index (χ3n) is 2.97. The van der Waals surface area contributed by atoms with Gasteiger partial charge in [0.05, 0.1) is 0 Å². The zero-order chi connectivity index (χ0) is 15.6. The van der Waals surface area contributed by atoms with Crippen LogP contribution in [0.15, 0.2) is 30.5 Å². The van der Waals surface area contributed by atoms with Crippen molar-refractivity contribution in [2.75, 3.05) is 0 Å². The van der Waals surface area contributed by atoms with E-state index in [-0.39, 0.29) is 6.04 Å². The molecule has 1 aromatic carbocycles. The summed E-state index contributed by atoms with van der Waals surface area (Å²) in [6.45, 7) is 8.16. The molecule has 0 aliphatic heterocycles. The van der Waals surface area contributed by atoms with Crippen LogP contribution >= 0.6 is 11.6 Å². The lowest BCUT2D eigenvalue weighted by atomic mass is 10.2. The summed E-state index contributed by atoms with van der Waals surface area (Å²) in [7, 11) is 0. The molecule has 1 amide bonds. The molecule has 114 valence electrons. The minimum atomic E-state index is -0.485. The average molecular weight is 309 g/mol. The van der Waals surface area contributed by atoms with Gasteiger partial charge in [0.15, 0.2) is 0 Å². The van der Waals surface area contributed by atoms with Crippen LogP contribution in [0.3, 0.4) is 0 Å². The van der Waals surface area contributed by atoms with Crippen molar-refractivity contribution >= 4 is 28.6 Å². The molecule has 21 heavy (non-hydrogen) atoms. The fourth-order valence-electron chi connectivity index (χ4n) is 2.18. The zero-order valence-corrected chi connectivity index (χ0v) is 13.6. The number of halogens is 1. The highest BCUT2D eigenvalue weighted by Gasteiger charge is 2.18. The fourth-order valence-corrected chi connectivity index (χ4v) is 2.36. The van der Waals surface area contributed by atoms with Crippen molar-refractivity contribution in [3.63, 3.8) is 0 Å². The number of benzene rings is 1. The molecule has 1 aromatic heterocycles. The van der Waals surface area contributed by atoms with Crippen LogP contribution in [0.4, 0.5) is 4.79 Å². The zero-order valence-electron chi connectivity index (χ0n) is 12.8. The second-order valence-corrected chi connectivity index (χ2v) is 6.65. The van der Waals surface area contributed by atoms with E-state index in [9.17, 15) is 4.79 Å². The van der Waals surface area contributed by atoms with E-state index in [2.05, 4.69) is 9.88 Å². The van der Waals surface area contributed by atoms with Crippen LogP contribution in [0.2, 0.25) is 5.02 Å². The molecule has 0 unspecified atom stereocenters. The van der Waals surface area contributed by atoms with Gasteiger partial charge >= 0.3 is 6.09 Å². The summed E-state index contributed by atoms with van der Waals surface area (Å²) in [6, 6.07) is 7.76. The highest BCUT2D eigenvalue weighted by Crippen LogP contribution is 2.20. The van der Waals surface area contributed by atoms with Crippen molar-refractivity contribution in [1.82, 2.24) is 9.88 Å². The van der Waals surface area contributed by atoms with Crippen LogP contribution in [0.1, 0.15) is 27.7 Å². The minimum Gasteiger partial charge on any atom is -0.444 e. The highest BCUT2D eigenvalue weighted by atomic mass is 35.5. The number of carbonyl (C=O) groups is 1. The number of aromatic nitrogens is 1. The number of hydrogen-bond donors (Lipinski definition) is 1. The molecular formula is C16H21ClN2O2. The number of nitrogens with zero attached hydrogens (tertiary/aromatic N) is 1. The number of hydrogen-bond acceptors (Lipinski definition) is 2. The number of alkyl carbamates (subject to hydrolysis) is 1. The second kappa shape index (κ2) is 5.98. The minimum absolute atomic E-state index is 0.0360. The number of ether oxygens (including phenoxy) is 1. The molecule has 5 heteroatoms. The van der Waals surface area contributed by atoms with Gasteiger partial charge in [0.2, 0.25) is 0 Å². The Morgan fingerprint density at radius 1 is 1.38 bits per heavy atom. The topological polar surface area (TPSA) is 43.3 Å². The maximum atomic E-state index is 11.7. The van der Waals surface area contributed by atoms with E-state index >= 15 is 0 Å². The first-order chi connectivity index (χ1) is 9.74. The van der Waals surface area contributed by atoms with E-state index in [1.807, 2.05) is 58.2 Å². The molecule has 0 aliphatic rings. The van der Waals surface area contributed by atoms with E-state index in [1.54, 1.807) is 0 Å². The SMILES string of the molecule is C[C@@H](Cn1ccc2cc(Cl)ccc21)NC(=O)OC(C)(C)C. The van der Waals surface area contributed by atoms with E-state index in [0.29, 0.717) is 6.54 Å². The fraction of sp³-hybridized carbons (Fsp3) is 0.438. The van der Waals surface area contributed by atoms with Gasteiger partial charge in [-0.15, -0.1) is 0 Å². The number of nitrogens with one attached hydrogen (secondary N) is 1. The van der Waals surface area contributed by atoms with Crippen molar-refractivity contribution in [2.45, 2.75) is 45.9 Å². The number of amides is 1. The third-order valence-corrected chi connectivity index (χ3v) is 3.20. The van der Waals surface area contributed by atoms with Crippen LogP contribution in [0.25, 0.3) is 10.9 Å². The second-order valence-electron chi connectivity index (χ2n) is 6.22. The van der Waals surface area contributed by atoms with Crippen LogP contribution in [0.5, 0.6) is 0 Å². The van der Waals surface area contributed by atoms with Gasteiger partial charge in [0.25, 0.3) is 0 Å². The summed E-state index contributed by atoms with van der Waals surface area (Å²) < 4.78 is 7.34. The first-order valence-electron chi connectivity index (χ1n) is 6.98. The largest absolute Gasteiger partial charge is 0.444 e. The molecule has 0 radical (unpaired) electrons.